The summed E-state index contributed by atoms with van der Waals surface area (Å²) in [5, 5.41) is 12.1. The maximum absolute atomic E-state index is 12.5. The molecule has 0 aromatic heterocycles. The van der Waals surface area contributed by atoms with Gasteiger partial charge in [-0.3, -0.25) is 4.79 Å². The van der Waals surface area contributed by atoms with Gasteiger partial charge >= 0.3 is 0 Å². The van der Waals surface area contributed by atoms with E-state index in [4.69, 9.17) is 5.26 Å². The molecule has 25 heavy (non-hydrogen) atoms. The van der Waals surface area contributed by atoms with Crippen LogP contribution < -0.4 is 5.32 Å². The molecular formula is C22H24N2O. The fourth-order valence-corrected chi connectivity index (χ4v) is 3.62. The molecule has 0 radical (unpaired) electrons. The molecule has 0 saturated heterocycles. The summed E-state index contributed by atoms with van der Waals surface area (Å²) >= 11 is 0. The summed E-state index contributed by atoms with van der Waals surface area (Å²) in [6.07, 6.45) is 4.32. The van der Waals surface area contributed by atoms with Gasteiger partial charge in [-0.1, -0.05) is 42.5 Å². The summed E-state index contributed by atoms with van der Waals surface area (Å²) < 4.78 is 0. The van der Waals surface area contributed by atoms with E-state index in [0.717, 1.165) is 31.2 Å². The molecule has 3 nitrogen and oxygen atoms in total. The van der Waals surface area contributed by atoms with Crippen LogP contribution in [0.4, 0.5) is 0 Å². The Kier molecular flexibility index (Phi) is 5.50. The van der Waals surface area contributed by atoms with Gasteiger partial charge in [0, 0.05) is 6.04 Å². The second-order valence-corrected chi connectivity index (χ2v) is 6.92. The normalized spacial score (nSPS) is 21.1. The molecule has 0 spiro atoms. The number of nitrogens with one attached hydrogen (secondary N) is 1. The van der Waals surface area contributed by atoms with Crippen LogP contribution in [0.15, 0.2) is 54.6 Å². The number of amides is 1. The van der Waals surface area contributed by atoms with E-state index < -0.39 is 0 Å². The number of hydrogen-bond acceptors (Lipinski definition) is 2. The van der Waals surface area contributed by atoms with Gasteiger partial charge in [0.25, 0.3) is 0 Å². The molecule has 2 aromatic carbocycles. The van der Waals surface area contributed by atoms with Crippen LogP contribution in [-0.4, -0.2) is 11.9 Å². The van der Waals surface area contributed by atoms with E-state index in [-0.39, 0.29) is 17.9 Å². The Morgan fingerprint density at radius 3 is 2.28 bits per heavy atom. The number of hydrogen-bond donors (Lipinski definition) is 1. The van der Waals surface area contributed by atoms with Crippen molar-refractivity contribution < 1.29 is 4.79 Å². The molecule has 128 valence electrons. The Labute approximate surface area is 149 Å². The first-order valence-corrected chi connectivity index (χ1v) is 9.02. The number of nitrogens with zero attached hydrogens (tertiary/aromatic N) is 1. The standard InChI is InChI=1S/C22H24N2O/c1-16(18-9-7-17(15-23)8-10-18)22(25)24-21-13-11-20(12-14-21)19-5-3-2-4-6-19/h2-10,16,20-21H,11-14H2,1H3,(H,24,25)/t16?,20-,21-. The van der Waals surface area contributed by atoms with Crippen molar-refractivity contribution in [3.8, 4) is 6.07 Å². The van der Waals surface area contributed by atoms with Crippen molar-refractivity contribution in [3.05, 3.63) is 71.3 Å². The molecule has 1 amide bonds. The summed E-state index contributed by atoms with van der Waals surface area (Å²) in [6, 6.07) is 20.3. The molecule has 1 N–H and O–H groups in total. The van der Waals surface area contributed by atoms with Crippen LogP contribution in [0.3, 0.4) is 0 Å². The van der Waals surface area contributed by atoms with Gasteiger partial charge in [-0.2, -0.15) is 5.26 Å². The number of carbonyl (C=O) groups excluding carboxylic acids is 1. The minimum atomic E-state index is -0.195. The molecule has 1 unspecified atom stereocenters. The van der Waals surface area contributed by atoms with E-state index in [2.05, 4.69) is 41.7 Å². The van der Waals surface area contributed by atoms with E-state index in [0.29, 0.717) is 11.5 Å². The Bertz CT molecular complexity index is 738. The topological polar surface area (TPSA) is 52.9 Å². The van der Waals surface area contributed by atoms with Gasteiger partial charge in [-0.05, 0) is 61.8 Å². The summed E-state index contributed by atoms with van der Waals surface area (Å²) in [6.45, 7) is 1.92. The third-order valence-corrected chi connectivity index (χ3v) is 5.28. The highest BCUT2D eigenvalue weighted by Crippen LogP contribution is 2.33. The van der Waals surface area contributed by atoms with Crippen LogP contribution >= 0.6 is 0 Å². The fraction of sp³-hybridized carbons (Fsp3) is 0.364. The lowest BCUT2D eigenvalue weighted by Gasteiger charge is -2.30. The van der Waals surface area contributed by atoms with Gasteiger partial charge in [0.1, 0.15) is 0 Å². The van der Waals surface area contributed by atoms with E-state index in [1.807, 2.05) is 19.1 Å². The zero-order chi connectivity index (χ0) is 17.6. The van der Waals surface area contributed by atoms with Crippen molar-refractivity contribution in [2.45, 2.75) is 50.5 Å². The smallest absolute Gasteiger partial charge is 0.227 e. The van der Waals surface area contributed by atoms with Gasteiger partial charge in [0.05, 0.1) is 17.6 Å². The fourth-order valence-electron chi connectivity index (χ4n) is 3.62. The average molecular weight is 332 g/mol. The molecule has 3 heteroatoms. The highest BCUT2D eigenvalue weighted by atomic mass is 16.1. The molecule has 0 aliphatic heterocycles. The molecule has 1 atom stereocenters. The third-order valence-electron chi connectivity index (χ3n) is 5.28. The number of nitriles is 1. The number of rotatable bonds is 4. The van der Waals surface area contributed by atoms with Crippen LogP contribution in [0.25, 0.3) is 0 Å². The second kappa shape index (κ2) is 7.98. The van der Waals surface area contributed by atoms with E-state index in [1.54, 1.807) is 12.1 Å². The van der Waals surface area contributed by atoms with Crippen molar-refractivity contribution in [1.82, 2.24) is 5.32 Å². The van der Waals surface area contributed by atoms with E-state index >= 15 is 0 Å². The predicted octanol–water partition coefficient (Wildman–Crippen LogP) is 4.50. The first-order chi connectivity index (χ1) is 12.2. The highest BCUT2D eigenvalue weighted by Gasteiger charge is 2.25. The van der Waals surface area contributed by atoms with Crippen molar-refractivity contribution >= 4 is 5.91 Å². The molecule has 3 rings (SSSR count). The molecule has 0 heterocycles. The Morgan fingerprint density at radius 2 is 1.68 bits per heavy atom. The summed E-state index contributed by atoms with van der Waals surface area (Å²) in [5.74, 6) is 0.498. The highest BCUT2D eigenvalue weighted by molar-refractivity contribution is 5.83. The SMILES string of the molecule is CC(C(=O)N[C@H]1CC[C@H](c2ccccc2)CC1)c1ccc(C#N)cc1. The lowest BCUT2D eigenvalue weighted by molar-refractivity contribution is -0.123. The minimum absolute atomic E-state index is 0.0767. The van der Waals surface area contributed by atoms with Crippen molar-refractivity contribution in [2.24, 2.45) is 0 Å². The maximum Gasteiger partial charge on any atom is 0.227 e. The van der Waals surface area contributed by atoms with Crippen LogP contribution in [0.5, 0.6) is 0 Å². The van der Waals surface area contributed by atoms with Crippen molar-refractivity contribution in [2.75, 3.05) is 0 Å². The van der Waals surface area contributed by atoms with E-state index in [9.17, 15) is 4.79 Å². The zero-order valence-electron chi connectivity index (χ0n) is 14.6. The largest absolute Gasteiger partial charge is 0.353 e. The van der Waals surface area contributed by atoms with E-state index in [1.165, 1.54) is 5.56 Å². The lowest BCUT2D eigenvalue weighted by atomic mass is 9.81. The molecule has 2 aromatic rings. The summed E-state index contributed by atoms with van der Waals surface area (Å²) in [5.41, 5.74) is 2.99. The molecule has 1 saturated carbocycles. The Morgan fingerprint density at radius 1 is 1.04 bits per heavy atom. The van der Waals surface area contributed by atoms with Crippen LogP contribution in [0, 0.1) is 11.3 Å². The first-order valence-electron chi connectivity index (χ1n) is 9.02. The Balaban J connectivity index is 1.52. The minimum Gasteiger partial charge on any atom is -0.353 e. The zero-order valence-corrected chi connectivity index (χ0v) is 14.6. The Hall–Kier alpha value is -2.60. The third kappa shape index (κ3) is 4.28. The summed E-state index contributed by atoms with van der Waals surface area (Å²) in [7, 11) is 0. The predicted molar refractivity (Wildman–Crippen MR) is 99.2 cm³/mol. The molecule has 1 aliphatic rings. The van der Waals surface area contributed by atoms with Gasteiger partial charge in [0.2, 0.25) is 5.91 Å². The van der Waals surface area contributed by atoms with Crippen LogP contribution in [0.1, 0.15) is 61.1 Å². The first kappa shape index (κ1) is 17.2. The molecule has 1 fully saturated rings. The van der Waals surface area contributed by atoms with Gasteiger partial charge in [0.15, 0.2) is 0 Å². The quantitative estimate of drug-likeness (QED) is 0.896. The average Bonchev–Trinajstić information content (AvgIpc) is 2.68. The van der Waals surface area contributed by atoms with Gasteiger partial charge in [-0.15, -0.1) is 0 Å². The molecular weight excluding hydrogens is 308 g/mol. The monoisotopic (exact) mass is 332 g/mol. The lowest BCUT2D eigenvalue weighted by Crippen LogP contribution is -2.39. The number of carbonyl (C=O) groups is 1. The van der Waals surface area contributed by atoms with Crippen molar-refractivity contribution in [1.29, 1.82) is 5.26 Å². The van der Waals surface area contributed by atoms with Gasteiger partial charge < -0.3 is 5.32 Å². The van der Waals surface area contributed by atoms with Gasteiger partial charge in [-0.25, -0.2) is 0 Å². The van der Waals surface area contributed by atoms with Crippen LogP contribution in [0.2, 0.25) is 0 Å². The van der Waals surface area contributed by atoms with Crippen LogP contribution in [-0.2, 0) is 4.79 Å². The maximum atomic E-state index is 12.5. The second-order valence-electron chi connectivity index (χ2n) is 6.92. The molecule has 0 bridgehead atoms. The van der Waals surface area contributed by atoms with Crippen molar-refractivity contribution in [3.63, 3.8) is 0 Å². The number of benzene rings is 2. The molecule has 1 aliphatic carbocycles. The summed E-state index contributed by atoms with van der Waals surface area (Å²) in [4.78, 5) is 12.5.